The van der Waals surface area contributed by atoms with Crippen LogP contribution in [0.4, 0.5) is 4.79 Å². The minimum absolute atomic E-state index is 0.0932. The molecule has 1 aromatic heterocycles. The van der Waals surface area contributed by atoms with Gasteiger partial charge in [-0.15, -0.1) is 0 Å². The van der Waals surface area contributed by atoms with Gasteiger partial charge in [0, 0.05) is 32.4 Å². The number of amides is 2. The van der Waals surface area contributed by atoms with Gasteiger partial charge < -0.3 is 19.4 Å². The standard InChI is InChI=1S/C14H20N4O2/c1-16-5-7-17(8-6-16)14(19)18-10-13(11-18)20-12-3-2-4-15-9-12/h2-4,9,13H,5-8,10-11H2,1H3. The summed E-state index contributed by atoms with van der Waals surface area (Å²) in [6.07, 6.45) is 3.51. The molecule has 0 aliphatic carbocycles. The summed E-state index contributed by atoms with van der Waals surface area (Å²) in [5.74, 6) is 0.768. The Morgan fingerprint density at radius 2 is 2.00 bits per heavy atom. The average Bonchev–Trinajstić information content (AvgIpc) is 2.44. The number of hydrogen-bond acceptors (Lipinski definition) is 4. The summed E-state index contributed by atoms with van der Waals surface area (Å²) in [4.78, 5) is 22.3. The number of likely N-dealkylation sites (tertiary alicyclic amines) is 1. The van der Waals surface area contributed by atoms with E-state index in [1.54, 1.807) is 12.4 Å². The third kappa shape index (κ3) is 2.85. The molecule has 20 heavy (non-hydrogen) atoms. The molecule has 0 radical (unpaired) electrons. The largest absolute Gasteiger partial charge is 0.485 e. The van der Waals surface area contributed by atoms with Crippen LogP contribution in [0.15, 0.2) is 24.5 Å². The quantitative estimate of drug-likeness (QED) is 0.790. The Labute approximate surface area is 118 Å². The molecule has 3 rings (SSSR count). The molecule has 0 bridgehead atoms. The summed E-state index contributed by atoms with van der Waals surface area (Å²) in [5, 5.41) is 0. The smallest absolute Gasteiger partial charge is 0.320 e. The van der Waals surface area contributed by atoms with Crippen molar-refractivity contribution in [3.05, 3.63) is 24.5 Å². The molecule has 6 heteroatoms. The van der Waals surface area contributed by atoms with Crippen molar-refractivity contribution in [1.82, 2.24) is 19.7 Å². The molecule has 6 nitrogen and oxygen atoms in total. The molecular formula is C14H20N4O2. The van der Waals surface area contributed by atoms with E-state index in [2.05, 4.69) is 16.9 Å². The number of pyridine rings is 1. The van der Waals surface area contributed by atoms with Crippen LogP contribution in [0.2, 0.25) is 0 Å². The van der Waals surface area contributed by atoms with Crippen LogP contribution < -0.4 is 4.74 Å². The Morgan fingerprint density at radius 1 is 1.25 bits per heavy atom. The fourth-order valence-electron chi connectivity index (χ4n) is 2.48. The van der Waals surface area contributed by atoms with Gasteiger partial charge in [-0.05, 0) is 19.2 Å². The molecule has 0 unspecified atom stereocenters. The molecule has 2 aliphatic rings. The Morgan fingerprint density at radius 3 is 2.65 bits per heavy atom. The van der Waals surface area contributed by atoms with E-state index >= 15 is 0 Å². The number of piperazine rings is 1. The molecule has 2 aliphatic heterocycles. The van der Waals surface area contributed by atoms with Crippen molar-refractivity contribution in [1.29, 1.82) is 0 Å². The molecule has 2 saturated heterocycles. The number of rotatable bonds is 2. The monoisotopic (exact) mass is 276 g/mol. The normalized spacial score (nSPS) is 20.6. The highest BCUT2D eigenvalue weighted by atomic mass is 16.5. The SMILES string of the molecule is CN1CCN(C(=O)N2CC(Oc3cccnc3)C2)CC1. The first kappa shape index (κ1) is 13.2. The molecule has 0 aromatic carbocycles. The van der Waals surface area contributed by atoms with Crippen molar-refractivity contribution in [2.24, 2.45) is 0 Å². The second-order valence-corrected chi connectivity index (χ2v) is 5.41. The molecule has 0 atom stereocenters. The van der Waals surface area contributed by atoms with Gasteiger partial charge in [-0.2, -0.15) is 0 Å². The number of urea groups is 1. The minimum Gasteiger partial charge on any atom is -0.485 e. The first-order chi connectivity index (χ1) is 9.72. The van der Waals surface area contributed by atoms with E-state index in [0.29, 0.717) is 13.1 Å². The Bertz CT molecular complexity index is 454. The van der Waals surface area contributed by atoms with Crippen LogP contribution in [0.3, 0.4) is 0 Å². The van der Waals surface area contributed by atoms with Crippen molar-refractivity contribution < 1.29 is 9.53 Å². The lowest BCUT2D eigenvalue weighted by Gasteiger charge is -2.43. The van der Waals surface area contributed by atoms with Gasteiger partial charge in [0.1, 0.15) is 11.9 Å². The number of ether oxygens (including phenoxy) is 1. The van der Waals surface area contributed by atoms with Crippen molar-refractivity contribution in [3.63, 3.8) is 0 Å². The lowest BCUT2D eigenvalue weighted by Crippen LogP contribution is -2.61. The minimum atomic E-state index is 0.0932. The van der Waals surface area contributed by atoms with Crippen molar-refractivity contribution in [3.8, 4) is 5.75 Å². The zero-order valence-electron chi connectivity index (χ0n) is 11.7. The predicted molar refractivity (Wildman–Crippen MR) is 74.7 cm³/mol. The van der Waals surface area contributed by atoms with Gasteiger partial charge in [0.25, 0.3) is 0 Å². The van der Waals surface area contributed by atoms with Crippen molar-refractivity contribution in [2.45, 2.75) is 6.10 Å². The number of carbonyl (C=O) groups excluding carboxylic acids is 1. The maximum atomic E-state index is 12.3. The first-order valence-corrected chi connectivity index (χ1v) is 7.01. The Balaban J connectivity index is 1.44. The lowest BCUT2D eigenvalue weighted by molar-refractivity contribution is 0.0255. The fraction of sp³-hybridized carbons (Fsp3) is 0.571. The molecule has 2 fully saturated rings. The number of aromatic nitrogens is 1. The molecule has 0 spiro atoms. The average molecular weight is 276 g/mol. The second kappa shape index (κ2) is 5.66. The van der Waals surface area contributed by atoms with Crippen LogP contribution in [-0.4, -0.2) is 78.1 Å². The maximum Gasteiger partial charge on any atom is 0.320 e. The van der Waals surface area contributed by atoms with Crippen LogP contribution in [0.1, 0.15) is 0 Å². The maximum absolute atomic E-state index is 12.3. The van der Waals surface area contributed by atoms with E-state index in [1.807, 2.05) is 21.9 Å². The topological polar surface area (TPSA) is 48.9 Å². The van der Waals surface area contributed by atoms with Gasteiger partial charge in [0.2, 0.25) is 0 Å². The molecule has 2 amide bonds. The van der Waals surface area contributed by atoms with E-state index in [-0.39, 0.29) is 12.1 Å². The van der Waals surface area contributed by atoms with Crippen LogP contribution in [0, 0.1) is 0 Å². The Hall–Kier alpha value is -1.82. The van der Waals surface area contributed by atoms with Crippen molar-refractivity contribution >= 4 is 6.03 Å². The highest BCUT2D eigenvalue weighted by Gasteiger charge is 2.35. The van der Waals surface area contributed by atoms with Crippen LogP contribution in [0.5, 0.6) is 5.75 Å². The summed E-state index contributed by atoms with van der Waals surface area (Å²) in [7, 11) is 2.09. The molecule has 1 aromatic rings. The van der Waals surface area contributed by atoms with Crippen LogP contribution in [-0.2, 0) is 0 Å². The predicted octanol–water partition coefficient (Wildman–Crippen LogP) is 0.512. The van der Waals surface area contributed by atoms with E-state index in [1.165, 1.54) is 0 Å². The number of hydrogen-bond donors (Lipinski definition) is 0. The third-order valence-electron chi connectivity index (χ3n) is 3.83. The second-order valence-electron chi connectivity index (χ2n) is 5.41. The molecule has 0 N–H and O–H groups in total. The highest BCUT2D eigenvalue weighted by Crippen LogP contribution is 2.18. The summed E-state index contributed by atoms with van der Waals surface area (Å²) in [6, 6.07) is 3.88. The highest BCUT2D eigenvalue weighted by molar-refractivity contribution is 5.75. The molecule has 3 heterocycles. The van der Waals surface area contributed by atoms with Gasteiger partial charge in [-0.25, -0.2) is 4.79 Å². The number of carbonyl (C=O) groups is 1. The molecule has 0 saturated carbocycles. The Kier molecular flexibility index (Phi) is 3.73. The number of likely N-dealkylation sites (N-methyl/N-ethyl adjacent to an activating group) is 1. The van der Waals surface area contributed by atoms with Gasteiger partial charge >= 0.3 is 6.03 Å². The molecule has 108 valence electrons. The van der Waals surface area contributed by atoms with Gasteiger partial charge in [-0.3, -0.25) is 4.98 Å². The van der Waals surface area contributed by atoms with Gasteiger partial charge in [0.15, 0.2) is 0 Å². The van der Waals surface area contributed by atoms with E-state index in [9.17, 15) is 4.79 Å². The van der Waals surface area contributed by atoms with Crippen LogP contribution in [0.25, 0.3) is 0 Å². The van der Waals surface area contributed by atoms with Gasteiger partial charge in [-0.1, -0.05) is 0 Å². The summed E-state index contributed by atoms with van der Waals surface area (Å²) >= 11 is 0. The number of nitrogens with zero attached hydrogens (tertiary/aromatic N) is 4. The van der Waals surface area contributed by atoms with Crippen LogP contribution >= 0.6 is 0 Å². The van der Waals surface area contributed by atoms with Gasteiger partial charge in [0.05, 0.1) is 19.3 Å². The third-order valence-corrected chi connectivity index (χ3v) is 3.83. The summed E-state index contributed by atoms with van der Waals surface area (Å²) in [5.41, 5.74) is 0. The summed E-state index contributed by atoms with van der Waals surface area (Å²) in [6.45, 7) is 4.88. The summed E-state index contributed by atoms with van der Waals surface area (Å²) < 4.78 is 5.75. The van der Waals surface area contributed by atoms with Crippen molar-refractivity contribution in [2.75, 3.05) is 46.3 Å². The van der Waals surface area contributed by atoms with E-state index < -0.39 is 0 Å². The zero-order valence-corrected chi connectivity index (χ0v) is 11.7. The fourth-order valence-corrected chi connectivity index (χ4v) is 2.48. The van der Waals surface area contributed by atoms with E-state index in [4.69, 9.17) is 4.74 Å². The molecular weight excluding hydrogens is 256 g/mol. The van der Waals surface area contributed by atoms with E-state index in [0.717, 1.165) is 31.9 Å². The first-order valence-electron chi connectivity index (χ1n) is 7.01. The zero-order chi connectivity index (χ0) is 13.9. The lowest BCUT2D eigenvalue weighted by atomic mass is 10.2.